The van der Waals surface area contributed by atoms with Crippen molar-refractivity contribution in [2.75, 3.05) is 5.32 Å². The SMILES string of the molecule is O=C1NCc2cccnc2N1. The lowest BCUT2D eigenvalue weighted by molar-refractivity contribution is 0.250. The summed E-state index contributed by atoms with van der Waals surface area (Å²) in [5, 5.41) is 5.25. The average Bonchev–Trinajstić information content (AvgIpc) is 2.04. The number of fused-ring (bicyclic) bond motifs is 1. The molecule has 0 fully saturated rings. The fourth-order valence-corrected chi connectivity index (χ4v) is 1.02. The van der Waals surface area contributed by atoms with Crippen molar-refractivity contribution < 1.29 is 4.79 Å². The number of nitrogens with one attached hydrogen (secondary N) is 2. The Morgan fingerprint density at radius 2 is 2.45 bits per heavy atom. The van der Waals surface area contributed by atoms with Gasteiger partial charge in [0.1, 0.15) is 5.82 Å². The first-order chi connectivity index (χ1) is 5.36. The van der Waals surface area contributed by atoms with E-state index in [0.29, 0.717) is 12.4 Å². The van der Waals surface area contributed by atoms with Gasteiger partial charge in [-0.1, -0.05) is 6.07 Å². The molecule has 4 nitrogen and oxygen atoms in total. The minimum atomic E-state index is -0.184. The third-order valence-corrected chi connectivity index (χ3v) is 1.56. The Morgan fingerprint density at radius 3 is 3.36 bits per heavy atom. The molecule has 0 unspecified atom stereocenters. The maximum atomic E-state index is 10.8. The van der Waals surface area contributed by atoms with Crippen LogP contribution < -0.4 is 10.6 Å². The number of carbonyl (C=O) groups excluding carboxylic acids is 1. The van der Waals surface area contributed by atoms with Crippen molar-refractivity contribution in [2.24, 2.45) is 0 Å². The smallest absolute Gasteiger partial charge is 0.320 e. The molecule has 0 atom stereocenters. The molecular weight excluding hydrogens is 142 g/mol. The van der Waals surface area contributed by atoms with Gasteiger partial charge in [-0.05, 0) is 6.07 Å². The van der Waals surface area contributed by atoms with Crippen molar-refractivity contribution in [3.05, 3.63) is 23.9 Å². The molecule has 11 heavy (non-hydrogen) atoms. The highest BCUT2D eigenvalue weighted by atomic mass is 16.2. The molecule has 0 spiro atoms. The van der Waals surface area contributed by atoms with E-state index < -0.39 is 0 Å². The maximum absolute atomic E-state index is 10.8. The second kappa shape index (κ2) is 2.23. The Kier molecular flexibility index (Phi) is 1.25. The van der Waals surface area contributed by atoms with Crippen LogP contribution in [0.25, 0.3) is 0 Å². The molecule has 2 heterocycles. The van der Waals surface area contributed by atoms with E-state index in [9.17, 15) is 4.79 Å². The number of carbonyl (C=O) groups is 1. The third-order valence-electron chi connectivity index (χ3n) is 1.56. The number of hydrogen-bond acceptors (Lipinski definition) is 2. The molecular formula is C7H7N3O. The number of anilines is 1. The monoisotopic (exact) mass is 149 g/mol. The van der Waals surface area contributed by atoms with Gasteiger partial charge in [-0.3, -0.25) is 5.32 Å². The molecule has 2 amide bonds. The van der Waals surface area contributed by atoms with E-state index in [2.05, 4.69) is 15.6 Å². The normalized spacial score (nSPS) is 14.7. The van der Waals surface area contributed by atoms with Crippen molar-refractivity contribution in [1.29, 1.82) is 0 Å². The Bertz CT molecular complexity index is 297. The molecule has 0 saturated heterocycles. The van der Waals surface area contributed by atoms with Crippen LogP contribution in [-0.2, 0) is 6.54 Å². The topological polar surface area (TPSA) is 54.0 Å². The zero-order chi connectivity index (χ0) is 7.68. The van der Waals surface area contributed by atoms with Crippen molar-refractivity contribution in [3.63, 3.8) is 0 Å². The second-order valence-electron chi connectivity index (χ2n) is 2.32. The number of pyridine rings is 1. The van der Waals surface area contributed by atoms with E-state index in [4.69, 9.17) is 0 Å². The van der Waals surface area contributed by atoms with Gasteiger partial charge in [0.15, 0.2) is 0 Å². The molecule has 1 aliphatic heterocycles. The van der Waals surface area contributed by atoms with Crippen molar-refractivity contribution in [3.8, 4) is 0 Å². The highest BCUT2D eigenvalue weighted by molar-refractivity contribution is 5.90. The fraction of sp³-hybridized carbons (Fsp3) is 0.143. The Balaban J connectivity index is 2.41. The summed E-state index contributed by atoms with van der Waals surface area (Å²) in [6.45, 7) is 0.564. The van der Waals surface area contributed by atoms with Gasteiger partial charge in [0.05, 0.1) is 0 Å². The molecule has 1 aromatic heterocycles. The summed E-state index contributed by atoms with van der Waals surface area (Å²) in [4.78, 5) is 14.8. The zero-order valence-corrected chi connectivity index (χ0v) is 5.79. The van der Waals surface area contributed by atoms with Crippen LogP contribution >= 0.6 is 0 Å². The lowest BCUT2D eigenvalue weighted by Gasteiger charge is -2.15. The van der Waals surface area contributed by atoms with E-state index in [0.717, 1.165) is 5.56 Å². The summed E-state index contributed by atoms with van der Waals surface area (Å²) in [6, 6.07) is 3.59. The fourth-order valence-electron chi connectivity index (χ4n) is 1.02. The zero-order valence-electron chi connectivity index (χ0n) is 5.79. The molecule has 0 aliphatic carbocycles. The van der Waals surface area contributed by atoms with Crippen LogP contribution in [0, 0.1) is 0 Å². The molecule has 0 radical (unpaired) electrons. The molecule has 4 heteroatoms. The number of rotatable bonds is 0. The highest BCUT2D eigenvalue weighted by Crippen LogP contribution is 2.13. The van der Waals surface area contributed by atoms with Crippen molar-refractivity contribution >= 4 is 11.8 Å². The lowest BCUT2D eigenvalue weighted by atomic mass is 10.2. The second-order valence-corrected chi connectivity index (χ2v) is 2.32. The summed E-state index contributed by atoms with van der Waals surface area (Å²) >= 11 is 0. The first-order valence-corrected chi connectivity index (χ1v) is 3.35. The van der Waals surface area contributed by atoms with Gasteiger partial charge in [-0.2, -0.15) is 0 Å². The Morgan fingerprint density at radius 1 is 1.55 bits per heavy atom. The predicted molar refractivity (Wildman–Crippen MR) is 40.1 cm³/mol. The van der Waals surface area contributed by atoms with E-state index in [1.165, 1.54) is 0 Å². The van der Waals surface area contributed by atoms with Crippen LogP contribution in [-0.4, -0.2) is 11.0 Å². The number of amides is 2. The number of nitrogens with zero attached hydrogens (tertiary/aromatic N) is 1. The first-order valence-electron chi connectivity index (χ1n) is 3.35. The van der Waals surface area contributed by atoms with Crippen LogP contribution in [0.3, 0.4) is 0 Å². The van der Waals surface area contributed by atoms with Crippen LogP contribution in [0.2, 0.25) is 0 Å². The van der Waals surface area contributed by atoms with E-state index >= 15 is 0 Å². The van der Waals surface area contributed by atoms with Gasteiger partial charge in [0, 0.05) is 18.3 Å². The Hall–Kier alpha value is -1.58. The van der Waals surface area contributed by atoms with Crippen molar-refractivity contribution in [2.45, 2.75) is 6.54 Å². The summed E-state index contributed by atoms with van der Waals surface area (Å²) in [5.41, 5.74) is 1.02. The van der Waals surface area contributed by atoms with Gasteiger partial charge in [0.25, 0.3) is 0 Å². The summed E-state index contributed by atoms with van der Waals surface area (Å²) in [5.74, 6) is 0.663. The highest BCUT2D eigenvalue weighted by Gasteiger charge is 2.12. The van der Waals surface area contributed by atoms with Crippen LogP contribution in [0.5, 0.6) is 0 Å². The van der Waals surface area contributed by atoms with Crippen LogP contribution in [0.4, 0.5) is 10.6 Å². The van der Waals surface area contributed by atoms with E-state index in [-0.39, 0.29) is 6.03 Å². The van der Waals surface area contributed by atoms with Gasteiger partial charge in [-0.15, -0.1) is 0 Å². The minimum Gasteiger partial charge on any atom is -0.334 e. The molecule has 2 rings (SSSR count). The number of urea groups is 1. The molecule has 2 N–H and O–H groups in total. The number of hydrogen-bond donors (Lipinski definition) is 2. The molecule has 1 aliphatic rings. The third kappa shape index (κ3) is 1.02. The quantitative estimate of drug-likeness (QED) is 0.571. The lowest BCUT2D eigenvalue weighted by Crippen LogP contribution is -2.33. The molecule has 0 aromatic carbocycles. The summed E-state index contributed by atoms with van der Waals surface area (Å²) < 4.78 is 0. The Labute approximate surface area is 63.6 Å². The number of aromatic nitrogens is 1. The van der Waals surface area contributed by atoms with E-state index in [1.54, 1.807) is 6.20 Å². The molecule has 0 bridgehead atoms. The van der Waals surface area contributed by atoms with E-state index in [1.807, 2.05) is 12.1 Å². The molecule has 0 saturated carbocycles. The van der Waals surface area contributed by atoms with Crippen molar-refractivity contribution in [1.82, 2.24) is 10.3 Å². The maximum Gasteiger partial charge on any atom is 0.320 e. The van der Waals surface area contributed by atoms with Gasteiger partial charge in [-0.25, -0.2) is 9.78 Å². The first kappa shape index (κ1) is 6.15. The average molecular weight is 149 g/mol. The summed E-state index contributed by atoms with van der Waals surface area (Å²) in [6.07, 6.45) is 1.66. The molecule has 56 valence electrons. The van der Waals surface area contributed by atoms with Gasteiger partial charge >= 0.3 is 6.03 Å². The predicted octanol–water partition coefficient (Wildman–Crippen LogP) is 0.717. The van der Waals surface area contributed by atoms with Crippen LogP contribution in [0.15, 0.2) is 18.3 Å². The van der Waals surface area contributed by atoms with Crippen LogP contribution in [0.1, 0.15) is 5.56 Å². The van der Waals surface area contributed by atoms with Gasteiger partial charge < -0.3 is 5.32 Å². The summed E-state index contributed by atoms with van der Waals surface area (Å²) in [7, 11) is 0. The largest absolute Gasteiger partial charge is 0.334 e. The van der Waals surface area contributed by atoms with Gasteiger partial charge in [0.2, 0.25) is 0 Å². The standard InChI is InChI=1S/C7H7N3O/c11-7-9-4-5-2-1-3-8-6(5)10-7/h1-3H,4H2,(H2,8,9,10,11). The minimum absolute atomic E-state index is 0.184. The molecule has 1 aromatic rings.